The van der Waals surface area contributed by atoms with Crippen LogP contribution >= 0.6 is 0 Å². The number of carboxylic acids is 1. The molecule has 0 aromatic heterocycles. The van der Waals surface area contributed by atoms with Crippen LogP contribution in [0.15, 0.2) is 0 Å². The van der Waals surface area contributed by atoms with Crippen LogP contribution in [-0.2, 0) is 4.79 Å². The molecule has 2 rings (SSSR count). The second kappa shape index (κ2) is 6.26. The van der Waals surface area contributed by atoms with Gasteiger partial charge in [-0.3, -0.25) is 0 Å². The number of hydrogen-bond acceptors (Lipinski definition) is 2. The van der Waals surface area contributed by atoms with Crippen molar-refractivity contribution in [3.8, 4) is 0 Å². The predicted octanol–water partition coefficient (Wildman–Crippen LogP) is 2.17. The first-order valence-electron chi connectivity index (χ1n) is 7.38. The highest BCUT2D eigenvalue weighted by atomic mass is 16.4. The van der Waals surface area contributed by atoms with Crippen molar-refractivity contribution in [2.24, 2.45) is 5.92 Å². The highest BCUT2D eigenvalue weighted by molar-refractivity contribution is 5.83. The summed E-state index contributed by atoms with van der Waals surface area (Å²) in [6, 6.07) is -0.708. The standard InChI is InChI=1S/C14H24N2O3/c1-11-6-9-16(12(10-11)13(17)18)14(19)15-7-4-2-3-5-8-15/h11-12H,2-10H2,1H3,(H,17,18). The Hall–Kier alpha value is -1.26. The number of piperidine rings is 1. The molecule has 1 N–H and O–H groups in total. The van der Waals surface area contributed by atoms with Gasteiger partial charge in [0.15, 0.2) is 0 Å². The lowest BCUT2D eigenvalue weighted by atomic mass is 9.92. The first-order valence-corrected chi connectivity index (χ1v) is 7.38. The molecule has 0 saturated carbocycles. The van der Waals surface area contributed by atoms with Gasteiger partial charge in [-0.1, -0.05) is 19.8 Å². The molecule has 5 nitrogen and oxygen atoms in total. The number of aliphatic carboxylic acids is 1. The first-order chi connectivity index (χ1) is 9.09. The number of amides is 2. The van der Waals surface area contributed by atoms with Crippen molar-refractivity contribution in [3.63, 3.8) is 0 Å². The molecule has 0 aliphatic carbocycles. The van der Waals surface area contributed by atoms with E-state index in [4.69, 9.17) is 0 Å². The largest absolute Gasteiger partial charge is 0.480 e. The molecule has 19 heavy (non-hydrogen) atoms. The zero-order valence-corrected chi connectivity index (χ0v) is 11.7. The van der Waals surface area contributed by atoms with Crippen LogP contribution in [0.25, 0.3) is 0 Å². The molecule has 2 atom stereocenters. The Morgan fingerprint density at radius 2 is 1.68 bits per heavy atom. The average molecular weight is 268 g/mol. The van der Waals surface area contributed by atoms with Gasteiger partial charge >= 0.3 is 12.0 Å². The van der Waals surface area contributed by atoms with Crippen LogP contribution < -0.4 is 0 Å². The Bertz CT molecular complexity index is 338. The highest BCUT2D eigenvalue weighted by Gasteiger charge is 2.36. The van der Waals surface area contributed by atoms with Crippen LogP contribution in [0.5, 0.6) is 0 Å². The van der Waals surface area contributed by atoms with E-state index in [2.05, 4.69) is 6.92 Å². The lowest BCUT2D eigenvalue weighted by molar-refractivity contribution is -0.144. The maximum atomic E-state index is 12.5. The second-order valence-electron chi connectivity index (χ2n) is 5.86. The first kappa shape index (κ1) is 14.2. The topological polar surface area (TPSA) is 60.9 Å². The maximum absolute atomic E-state index is 12.5. The number of carbonyl (C=O) groups excluding carboxylic acids is 1. The zero-order valence-electron chi connectivity index (χ0n) is 11.7. The van der Waals surface area contributed by atoms with Gasteiger partial charge in [0.05, 0.1) is 0 Å². The third kappa shape index (κ3) is 3.39. The normalized spacial score (nSPS) is 28.9. The molecule has 0 radical (unpaired) electrons. The lowest BCUT2D eigenvalue weighted by Gasteiger charge is -2.38. The molecule has 0 bridgehead atoms. The van der Waals surface area contributed by atoms with Gasteiger partial charge in [0.2, 0.25) is 0 Å². The van der Waals surface area contributed by atoms with E-state index in [1.165, 1.54) is 12.8 Å². The summed E-state index contributed by atoms with van der Waals surface area (Å²) in [5, 5.41) is 9.32. The number of carbonyl (C=O) groups is 2. The molecule has 0 aromatic rings. The molecule has 2 heterocycles. The highest BCUT2D eigenvalue weighted by Crippen LogP contribution is 2.24. The number of carboxylic acid groups (broad SMARTS) is 1. The molecule has 2 unspecified atom stereocenters. The Morgan fingerprint density at radius 1 is 1.05 bits per heavy atom. The summed E-state index contributed by atoms with van der Waals surface area (Å²) in [4.78, 5) is 27.3. The molecule has 2 amide bonds. The molecular weight excluding hydrogens is 244 g/mol. The fraction of sp³-hybridized carbons (Fsp3) is 0.857. The molecule has 0 aromatic carbocycles. The van der Waals surface area contributed by atoms with Crippen molar-refractivity contribution in [2.75, 3.05) is 19.6 Å². The number of rotatable bonds is 1. The van der Waals surface area contributed by atoms with Gasteiger partial charge in [-0.05, 0) is 31.6 Å². The van der Waals surface area contributed by atoms with Crippen molar-refractivity contribution in [2.45, 2.75) is 51.5 Å². The minimum absolute atomic E-state index is 0.0683. The summed E-state index contributed by atoms with van der Waals surface area (Å²) in [5.74, 6) is -0.482. The van der Waals surface area contributed by atoms with Crippen LogP contribution in [0.4, 0.5) is 4.79 Å². The third-order valence-corrected chi connectivity index (χ3v) is 4.27. The Morgan fingerprint density at radius 3 is 2.26 bits per heavy atom. The number of likely N-dealkylation sites (tertiary alicyclic amines) is 2. The van der Waals surface area contributed by atoms with Crippen molar-refractivity contribution in [1.82, 2.24) is 9.80 Å². The quantitative estimate of drug-likeness (QED) is 0.792. The van der Waals surface area contributed by atoms with E-state index in [1.807, 2.05) is 4.90 Å². The molecule has 2 saturated heterocycles. The van der Waals surface area contributed by atoms with Gasteiger partial charge in [-0.2, -0.15) is 0 Å². The Kier molecular flexibility index (Phi) is 4.66. The van der Waals surface area contributed by atoms with Crippen LogP contribution in [0.1, 0.15) is 45.4 Å². The van der Waals surface area contributed by atoms with E-state index in [0.29, 0.717) is 18.9 Å². The van der Waals surface area contributed by atoms with E-state index in [1.54, 1.807) is 4.90 Å². The van der Waals surface area contributed by atoms with Gasteiger partial charge in [-0.15, -0.1) is 0 Å². The van der Waals surface area contributed by atoms with Crippen LogP contribution in [0.2, 0.25) is 0 Å². The summed E-state index contributed by atoms with van der Waals surface area (Å²) in [7, 11) is 0. The Labute approximate surface area is 114 Å². The minimum atomic E-state index is -0.866. The van der Waals surface area contributed by atoms with Crippen LogP contribution in [0.3, 0.4) is 0 Å². The molecular formula is C14H24N2O3. The summed E-state index contributed by atoms with van der Waals surface area (Å²) < 4.78 is 0. The smallest absolute Gasteiger partial charge is 0.326 e. The van der Waals surface area contributed by atoms with Gasteiger partial charge in [0.25, 0.3) is 0 Å². The molecule has 108 valence electrons. The van der Waals surface area contributed by atoms with Gasteiger partial charge in [0.1, 0.15) is 6.04 Å². The van der Waals surface area contributed by atoms with Gasteiger partial charge in [0, 0.05) is 19.6 Å². The third-order valence-electron chi connectivity index (χ3n) is 4.27. The van der Waals surface area contributed by atoms with E-state index in [-0.39, 0.29) is 6.03 Å². The SMILES string of the molecule is CC1CCN(C(=O)N2CCCCCC2)C(C(=O)O)C1. The predicted molar refractivity (Wildman–Crippen MR) is 72.0 cm³/mol. The lowest BCUT2D eigenvalue weighted by Crippen LogP contribution is -2.54. The molecule has 0 spiro atoms. The van der Waals surface area contributed by atoms with Crippen molar-refractivity contribution in [3.05, 3.63) is 0 Å². The maximum Gasteiger partial charge on any atom is 0.326 e. The summed E-state index contributed by atoms with van der Waals surface area (Å²) in [6.07, 6.45) is 5.89. The Balaban J connectivity index is 2.04. The zero-order chi connectivity index (χ0) is 13.8. The fourth-order valence-corrected chi connectivity index (χ4v) is 3.05. The van der Waals surface area contributed by atoms with E-state index < -0.39 is 12.0 Å². The summed E-state index contributed by atoms with van der Waals surface area (Å²) in [5.41, 5.74) is 0. The number of urea groups is 1. The molecule has 5 heteroatoms. The van der Waals surface area contributed by atoms with E-state index in [9.17, 15) is 14.7 Å². The van der Waals surface area contributed by atoms with Crippen molar-refractivity contribution in [1.29, 1.82) is 0 Å². The average Bonchev–Trinajstić information content (AvgIpc) is 2.66. The van der Waals surface area contributed by atoms with Gasteiger partial charge in [-0.25, -0.2) is 9.59 Å². The van der Waals surface area contributed by atoms with E-state index >= 15 is 0 Å². The summed E-state index contributed by atoms with van der Waals surface area (Å²) in [6.45, 7) is 4.19. The molecule has 2 aliphatic rings. The van der Waals surface area contributed by atoms with Gasteiger partial charge < -0.3 is 14.9 Å². The molecule has 2 aliphatic heterocycles. The minimum Gasteiger partial charge on any atom is -0.480 e. The number of hydrogen-bond donors (Lipinski definition) is 1. The number of nitrogens with zero attached hydrogens (tertiary/aromatic N) is 2. The van der Waals surface area contributed by atoms with Crippen molar-refractivity contribution >= 4 is 12.0 Å². The van der Waals surface area contributed by atoms with Crippen LogP contribution in [0, 0.1) is 5.92 Å². The van der Waals surface area contributed by atoms with Crippen LogP contribution in [-0.4, -0.2) is 52.6 Å². The fourth-order valence-electron chi connectivity index (χ4n) is 3.05. The van der Waals surface area contributed by atoms with E-state index in [0.717, 1.165) is 32.4 Å². The summed E-state index contributed by atoms with van der Waals surface area (Å²) >= 11 is 0. The molecule has 2 fully saturated rings. The monoisotopic (exact) mass is 268 g/mol. The second-order valence-corrected chi connectivity index (χ2v) is 5.86. The van der Waals surface area contributed by atoms with Crippen molar-refractivity contribution < 1.29 is 14.7 Å².